The lowest BCUT2D eigenvalue weighted by molar-refractivity contribution is -0.136. The second kappa shape index (κ2) is 19.1. The quantitative estimate of drug-likeness (QED) is 0.163. The van der Waals surface area contributed by atoms with Crippen molar-refractivity contribution in [3.05, 3.63) is 101 Å². The number of ether oxygens (including phenoxy) is 3. The molecule has 25 heteroatoms. The standard InChI is InChI=1S/C58H60FN17O7/c1-11-70(8)46-41-36(43-29(3)71(9)52(78)45(60)75(43)48(41)68-54(66-46)81-32-22-61-30(4)62-23-32)16-17-40-63-24-33(25-64-40)82-55-67-47(73-26-39(58(27-73)18-19-58)65-56(80)83-57(5,6)7)42-37-20-31(59)21-38-44(37)76(49(42)69-55)50(53(79)72(38)10)74-28(2)34-14-12-13-15-35(34)51(74)77/h13,15-16,20-25,39,45,50H,2,11-12,14,17-19,26-27,60H2,1,3-10H3,(H,65,80). The molecule has 1 saturated carbocycles. The Kier molecular flexibility index (Phi) is 12.2. The van der Waals surface area contributed by atoms with Crippen molar-refractivity contribution in [1.82, 2.24) is 64.1 Å². The van der Waals surface area contributed by atoms with Crippen LogP contribution >= 0.6 is 0 Å². The van der Waals surface area contributed by atoms with E-state index in [-0.39, 0.29) is 58.8 Å². The topological polar surface area (TPSA) is 263 Å². The van der Waals surface area contributed by atoms with Gasteiger partial charge >= 0.3 is 18.1 Å². The number of allylic oxidation sites excluding steroid dienone is 2. The zero-order valence-electron chi connectivity index (χ0n) is 47.3. The minimum absolute atomic E-state index is 0.00863. The molecule has 0 bridgehead atoms. The normalized spacial score (nSPS) is 20.3. The third-order valence-electron chi connectivity index (χ3n) is 16.6. The van der Waals surface area contributed by atoms with Crippen LogP contribution in [-0.2, 0) is 25.5 Å². The summed E-state index contributed by atoms with van der Waals surface area (Å²) in [6.45, 7) is 16.7. The summed E-state index contributed by atoms with van der Waals surface area (Å²) in [7, 11) is 5.13. The maximum atomic E-state index is 16.1. The number of alkyl carbamates (subject to hydrolysis) is 1. The summed E-state index contributed by atoms with van der Waals surface area (Å²) in [5.74, 6) is 0.514. The maximum Gasteiger partial charge on any atom is 0.407 e. The number of likely N-dealkylation sites (N-methyl/N-ethyl adjacent to an activating group) is 2. The van der Waals surface area contributed by atoms with Gasteiger partial charge in [-0.2, -0.15) is 19.9 Å². The molecule has 24 nitrogen and oxygen atoms in total. The zero-order chi connectivity index (χ0) is 58.3. The molecule has 1 saturated heterocycles. The molecule has 83 heavy (non-hydrogen) atoms. The van der Waals surface area contributed by atoms with Crippen molar-refractivity contribution in [2.24, 2.45) is 11.1 Å². The molecule has 2 fully saturated rings. The van der Waals surface area contributed by atoms with E-state index in [0.29, 0.717) is 116 Å². The van der Waals surface area contributed by atoms with Crippen molar-refractivity contribution in [2.45, 2.75) is 97.6 Å². The number of hydrogen-bond acceptors (Lipinski definition) is 18. The predicted octanol–water partition coefficient (Wildman–Crippen LogP) is 5.45. The number of hydrogen-bond donors (Lipinski definition) is 2. The second-order valence-electron chi connectivity index (χ2n) is 22.9. The van der Waals surface area contributed by atoms with E-state index >= 15 is 4.39 Å². The number of carbonyl (C=O) groups excluding carboxylic acids is 4. The van der Waals surface area contributed by atoms with E-state index in [1.54, 1.807) is 57.0 Å². The van der Waals surface area contributed by atoms with Crippen molar-refractivity contribution < 1.29 is 37.8 Å². The molecule has 1 spiro atoms. The van der Waals surface area contributed by atoms with E-state index < -0.39 is 35.8 Å². The fraction of sp³-hybridized carbons (Fsp3) is 0.379. The monoisotopic (exact) mass is 1130 g/mol. The van der Waals surface area contributed by atoms with E-state index in [9.17, 15) is 19.2 Å². The number of halogens is 1. The van der Waals surface area contributed by atoms with Crippen LogP contribution < -0.4 is 45.8 Å². The lowest BCUT2D eigenvalue weighted by atomic mass is 9.99. The fourth-order valence-electron chi connectivity index (χ4n) is 12.1. The highest BCUT2D eigenvalue weighted by molar-refractivity contribution is 6.21. The average Bonchev–Trinajstić information content (AvgIpc) is 2.75. The number of aromatic nitrogens is 10. The van der Waals surface area contributed by atoms with E-state index in [4.69, 9.17) is 49.8 Å². The Morgan fingerprint density at radius 1 is 0.928 bits per heavy atom. The Morgan fingerprint density at radius 2 is 1.60 bits per heavy atom. The smallest absolute Gasteiger partial charge is 0.407 e. The van der Waals surface area contributed by atoms with Crippen LogP contribution in [0.15, 0.2) is 72.5 Å². The van der Waals surface area contributed by atoms with Crippen LogP contribution in [0.25, 0.3) is 44.7 Å². The Balaban J connectivity index is 0.914. The van der Waals surface area contributed by atoms with Gasteiger partial charge in [0.15, 0.2) is 35.1 Å². The minimum Gasteiger partial charge on any atom is -0.444 e. The summed E-state index contributed by atoms with van der Waals surface area (Å²) in [6, 6.07) is 2.20. The average molecular weight is 1130 g/mol. The number of rotatable bonds is 11. The number of fused-ring (bicyclic) bond motifs is 6. The Morgan fingerprint density at radius 3 is 2.27 bits per heavy atom. The van der Waals surface area contributed by atoms with E-state index in [1.807, 2.05) is 42.8 Å². The maximum absolute atomic E-state index is 16.1. The SMILES string of the molecule is C=C1C2=C(C=CCC2)C(=O)N1C1C(=O)N(C)c2cc(F)cc3c4c(N5CC(NC(=O)OC(C)(C)C)C6(CC6)C5)nc(Oc5cnc(CC=c6c7n(c8nc(Oc9cnc(C)nc9)nc(N(C)CC)c68)C(N)C(=O)N(C)C=7C)nc5)nc4n1c23. The molecule has 4 aliphatic heterocycles. The van der Waals surface area contributed by atoms with Gasteiger partial charge in [-0.1, -0.05) is 24.8 Å². The van der Waals surface area contributed by atoms with Crippen LogP contribution in [0.1, 0.15) is 84.3 Å². The molecule has 6 aliphatic rings. The summed E-state index contributed by atoms with van der Waals surface area (Å²) in [5.41, 5.74) is 9.23. The van der Waals surface area contributed by atoms with Crippen LogP contribution in [0.5, 0.6) is 23.5 Å². The molecule has 13 rings (SSSR count). The Hall–Kier alpha value is -9.39. The van der Waals surface area contributed by atoms with Gasteiger partial charge in [-0.15, -0.1) is 0 Å². The Labute approximate surface area is 474 Å². The molecular formula is C58H60FN17O7. The molecule has 3 unspecified atom stereocenters. The molecule has 2 aliphatic carbocycles. The van der Waals surface area contributed by atoms with Crippen LogP contribution in [0, 0.1) is 18.2 Å². The summed E-state index contributed by atoms with van der Waals surface area (Å²) >= 11 is 0. The first kappa shape index (κ1) is 53.0. The molecule has 4 amide bonds. The molecule has 3 atom stereocenters. The van der Waals surface area contributed by atoms with Gasteiger partial charge in [-0.25, -0.2) is 29.1 Å². The first-order chi connectivity index (χ1) is 39.6. The molecule has 10 heterocycles. The van der Waals surface area contributed by atoms with Crippen molar-refractivity contribution in [1.29, 1.82) is 0 Å². The Bertz CT molecular complexity index is 4200. The molecular weight excluding hydrogens is 1070 g/mol. The number of aryl methyl sites for hydroxylation is 1. The van der Waals surface area contributed by atoms with Crippen molar-refractivity contribution in [3.8, 4) is 23.5 Å². The minimum atomic E-state index is -1.32. The first-order valence-electron chi connectivity index (χ1n) is 27.5. The number of nitrogens with two attached hydrogens (primary N) is 1. The van der Waals surface area contributed by atoms with Crippen LogP contribution in [0.3, 0.4) is 0 Å². The van der Waals surface area contributed by atoms with E-state index in [0.717, 1.165) is 18.4 Å². The highest BCUT2D eigenvalue weighted by atomic mass is 19.1. The molecule has 3 N–H and O–H groups in total. The predicted molar refractivity (Wildman–Crippen MR) is 304 cm³/mol. The number of carbonyl (C=O) groups is 4. The zero-order valence-corrected chi connectivity index (χ0v) is 47.3. The number of benzene rings is 1. The van der Waals surface area contributed by atoms with Crippen molar-refractivity contribution in [3.63, 3.8) is 0 Å². The fourth-order valence-corrected chi connectivity index (χ4v) is 12.1. The number of nitrogens with zero attached hydrogens (tertiary/aromatic N) is 15. The number of nitrogens with one attached hydrogen (secondary N) is 1. The molecule has 6 aromatic heterocycles. The lowest BCUT2D eigenvalue weighted by Crippen LogP contribution is -2.51. The van der Waals surface area contributed by atoms with E-state index in [1.165, 1.54) is 51.6 Å². The molecule has 426 valence electrons. The van der Waals surface area contributed by atoms with Gasteiger partial charge in [-0.05, 0) is 84.9 Å². The van der Waals surface area contributed by atoms with Gasteiger partial charge in [0.1, 0.15) is 34.7 Å². The van der Waals surface area contributed by atoms with Crippen LogP contribution in [-0.4, -0.2) is 135 Å². The first-order valence-corrected chi connectivity index (χ1v) is 27.5. The largest absolute Gasteiger partial charge is 0.444 e. The van der Waals surface area contributed by atoms with Gasteiger partial charge in [-0.3, -0.25) is 28.4 Å². The summed E-state index contributed by atoms with van der Waals surface area (Å²) in [5, 5.41) is 5.93. The van der Waals surface area contributed by atoms with Crippen molar-refractivity contribution in [2.75, 3.05) is 55.5 Å². The van der Waals surface area contributed by atoms with Gasteiger partial charge < -0.3 is 44.9 Å². The van der Waals surface area contributed by atoms with Gasteiger partial charge in [0.05, 0.1) is 58.2 Å². The third kappa shape index (κ3) is 8.56. The van der Waals surface area contributed by atoms with Gasteiger partial charge in [0.25, 0.3) is 17.7 Å². The third-order valence-corrected chi connectivity index (χ3v) is 16.6. The van der Waals surface area contributed by atoms with E-state index in [2.05, 4.69) is 21.9 Å². The second-order valence-corrected chi connectivity index (χ2v) is 22.9. The summed E-state index contributed by atoms with van der Waals surface area (Å²) < 4.78 is 37.8. The summed E-state index contributed by atoms with van der Waals surface area (Å²) in [6.07, 6.45) is 11.8. The van der Waals surface area contributed by atoms with Crippen LogP contribution in [0.4, 0.5) is 26.5 Å². The molecule has 0 radical (unpaired) electrons. The number of anilines is 3. The highest BCUT2D eigenvalue weighted by Crippen LogP contribution is 2.55. The van der Waals surface area contributed by atoms with Crippen molar-refractivity contribution >= 4 is 85.9 Å². The molecule has 1 aromatic carbocycles. The van der Waals surface area contributed by atoms with Gasteiger partial charge in [0.2, 0.25) is 0 Å². The highest BCUT2D eigenvalue weighted by Gasteiger charge is 2.57. The lowest BCUT2D eigenvalue weighted by Gasteiger charge is -2.37. The van der Waals surface area contributed by atoms with Crippen LogP contribution in [0.2, 0.25) is 0 Å². The summed E-state index contributed by atoms with van der Waals surface area (Å²) in [4.78, 5) is 102. The van der Waals surface area contributed by atoms with Gasteiger partial charge in [0, 0.05) is 80.2 Å². The molecule has 7 aromatic rings. The number of amides is 4.